The quantitative estimate of drug-likeness (QED) is 0.867. The van der Waals surface area contributed by atoms with Crippen LogP contribution in [0.5, 0.6) is 0 Å². The summed E-state index contributed by atoms with van der Waals surface area (Å²) in [5.41, 5.74) is -0.947. The molecule has 1 aromatic carbocycles. The molecule has 0 radical (unpaired) electrons. The van der Waals surface area contributed by atoms with Gasteiger partial charge in [0.05, 0.1) is 17.7 Å². The summed E-state index contributed by atoms with van der Waals surface area (Å²) < 4.78 is 27.1. The Balaban J connectivity index is 2.76. The monoisotopic (exact) mass is 282 g/mol. The highest BCUT2D eigenvalue weighted by molar-refractivity contribution is 5.94. The zero-order valence-corrected chi connectivity index (χ0v) is 11.3. The van der Waals surface area contributed by atoms with Crippen molar-refractivity contribution in [3.8, 4) is 6.07 Å². The molecular weight excluding hydrogens is 266 g/mol. The first-order valence-corrected chi connectivity index (χ1v) is 6.20. The maximum atomic E-state index is 13.6. The van der Waals surface area contributed by atoms with Crippen molar-refractivity contribution in [1.29, 1.82) is 5.26 Å². The van der Waals surface area contributed by atoms with Gasteiger partial charge >= 0.3 is 0 Å². The molecule has 1 unspecified atom stereocenters. The lowest BCUT2D eigenvalue weighted by Gasteiger charge is -2.14. The number of hydrogen-bond donors (Lipinski definition) is 2. The van der Waals surface area contributed by atoms with Gasteiger partial charge in [0.1, 0.15) is 17.2 Å². The molecule has 0 saturated carbocycles. The van der Waals surface area contributed by atoms with E-state index < -0.39 is 29.2 Å². The second kappa shape index (κ2) is 6.96. The highest BCUT2D eigenvalue weighted by Gasteiger charge is 2.19. The van der Waals surface area contributed by atoms with Crippen molar-refractivity contribution in [3.63, 3.8) is 0 Å². The van der Waals surface area contributed by atoms with Gasteiger partial charge < -0.3 is 10.4 Å². The highest BCUT2D eigenvalue weighted by Crippen LogP contribution is 2.15. The minimum Gasteiger partial charge on any atom is -0.391 e. The summed E-state index contributed by atoms with van der Waals surface area (Å²) in [7, 11) is 0. The molecule has 4 nitrogen and oxygen atoms in total. The third kappa shape index (κ3) is 4.28. The number of amides is 1. The van der Waals surface area contributed by atoms with Crippen LogP contribution < -0.4 is 5.32 Å². The SMILES string of the molecule is CC(C)CC(O)CNC(=O)c1c(F)cc(C#N)cc1F. The predicted octanol–water partition coefficient (Wildman–Crippen LogP) is 1.97. The van der Waals surface area contributed by atoms with Gasteiger partial charge in [-0.05, 0) is 24.5 Å². The molecule has 6 heteroatoms. The number of carbonyl (C=O) groups excluding carboxylic acids is 1. The molecule has 1 atom stereocenters. The number of nitrogens with one attached hydrogen (secondary N) is 1. The van der Waals surface area contributed by atoms with Crippen LogP contribution in [0.15, 0.2) is 12.1 Å². The van der Waals surface area contributed by atoms with Crippen molar-refractivity contribution >= 4 is 5.91 Å². The first-order valence-electron chi connectivity index (χ1n) is 6.20. The van der Waals surface area contributed by atoms with Gasteiger partial charge in [-0.15, -0.1) is 0 Å². The average Bonchev–Trinajstić information content (AvgIpc) is 2.34. The van der Waals surface area contributed by atoms with Crippen LogP contribution in [0.4, 0.5) is 8.78 Å². The van der Waals surface area contributed by atoms with Gasteiger partial charge in [0.25, 0.3) is 5.91 Å². The molecule has 20 heavy (non-hydrogen) atoms. The number of aliphatic hydroxyl groups is 1. The fourth-order valence-electron chi connectivity index (χ4n) is 1.78. The van der Waals surface area contributed by atoms with Gasteiger partial charge in [-0.2, -0.15) is 5.26 Å². The lowest BCUT2D eigenvalue weighted by Crippen LogP contribution is -2.33. The van der Waals surface area contributed by atoms with E-state index in [1.807, 2.05) is 13.8 Å². The Hall–Kier alpha value is -2.00. The van der Waals surface area contributed by atoms with Gasteiger partial charge in [-0.25, -0.2) is 8.78 Å². The van der Waals surface area contributed by atoms with E-state index in [0.29, 0.717) is 6.42 Å². The van der Waals surface area contributed by atoms with E-state index in [1.165, 1.54) is 0 Å². The number of carbonyl (C=O) groups is 1. The largest absolute Gasteiger partial charge is 0.391 e. The Morgan fingerprint density at radius 2 is 1.95 bits per heavy atom. The molecule has 1 amide bonds. The van der Waals surface area contributed by atoms with Crippen LogP contribution in [0, 0.1) is 28.9 Å². The van der Waals surface area contributed by atoms with Gasteiger partial charge in [-0.1, -0.05) is 13.8 Å². The smallest absolute Gasteiger partial charge is 0.257 e. The van der Waals surface area contributed by atoms with E-state index in [-0.39, 0.29) is 18.0 Å². The van der Waals surface area contributed by atoms with Crippen molar-refractivity contribution in [2.75, 3.05) is 6.54 Å². The molecule has 0 aliphatic heterocycles. The van der Waals surface area contributed by atoms with E-state index in [1.54, 1.807) is 6.07 Å². The van der Waals surface area contributed by atoms with Crippen LogP contribution in [-0.2, 0) is 0 Å². The van der Waals surface area contributed by atoms with E-state index in [0.717, 1.165) is 12.1 Å². The predicted molar refractivity (Wildman–Crippen MR) is 68.9 cm³/mol. The normalized spacial score (nSPS) is 12.1. The molecule has 2 N–H and O–H groups in total. The summed E-state index contributed by atoms with van der Waals surface area (Å²) in [6.45, 7) is 3.73. The van der Waals surface area contributed by atoms with Gasteiger partial charge in [0.15, 0.2) is 0 Å². The summed E-state index contributed by atoms with van der Waals surface area (Å²) in [6.07, 6.45) is -0.304. The molecule has 0 aromatic heterocycles. The lowest BCUT2D eigenvalue weighted by atomic mass is 10.1. The van der Waals surface area contributed by atoms with Gasteiger partial charge in [0, 0.05) is 6.54 Å². The second-order valence-corrected chi connectivity index (χ2v) is 4.92. The number of nitrogens with zero attached hydrogens (tertiary/aromatic N) is 1. The number of nitriles is 1. The molecule has 0 aliphatic carbocycles. The molecule has 0 saturated heterocycles. The first kappa shape index (κ1) is 16.1. The topological polar surface area (TPSA) is 73.1 Å². The minimum atomic E-state index is -1.10. The molecule has 1 rings (SSSR count). The number of rotatable bonds is 5. The molecule has 0 bridgehead atoms. The van der Waals surface area contributed by atoms with E-state index in [9.17, 15) is 18.7 Å². The van der Waals surface area contributed by atoms with Crippen LogP contribution in [-0.4, -0.2) is 23.7 Å². The van der Waals surface area contributed by atoms with Crippen molar-refractivity contribution in [3.05, 3.63) is 34.9 Å². The van der Waals surface area contributed by atoms with E-state index in [2.05, 4.69) is 5.32 Å². The summed E-state index contributed by atoms with van der Waals surface area (Å²) in [5.74, 6) is -2.91. The zero-order valence-electron chi connectivity index (χ0n) is 11.3. The molecule has 0 aliphatic rings. The third-order valence-electron chi connectivity index (χ3n) is 2.64. The number of hydrogen-bond acceptors (Lipinski definition) is 3. The van der Waals surface area contributed by atoms with E-state index in [4.69, 9.17) is 5.26 Å². The first-order chi connectivity index (χ1) is 9.35. The number of benzene rings is 1. The van der Waals surface area contributed by atoms with Gasteiger partial charge in [0.2, 0.25) is 0 Å². The molecule has 0 spiro atoms. The van der Waals surface area contributed by atoms with Crippen molar-refractivity contribution in [1.82, 2.24) is 5.32 Å². The van der Waals surface area contributed by atoms with Gasteiger partial charge in [-0.3, -0.25) is 4.79 Å². The van der Waals surface area contributed by atoms with Crippen molar-refractivity contribution < 1.29 is 18.7 Å². The Labute approximate surface area is 116 Å². The fourth-order valence-corrected chi connectivity index (χ4v) is 1.78. The van der Waals surface area contributed by atoms with E-state index >= 15 is 0 Å². The van der Waals surface area contributed by atoms with Crippen molar-refractivity contribution in [2.24, 2.45) is 5.92 Å². The van der Waals surface area contributed by atoms with Crippen LogP contribution in [0.3, 0.4) is 0 Å². The number of aliphatic hydroxyl groups excluding tert-OH is 1. The standard InChI is InChI=1S/C14H16F2N2O2/c1-8(2)3-10(19)7-18-14(20)13-11(15)4-9(6-17)5-12(13)16/h4-5,8,10,19H,3,7H2,1-2H3,(H,18,20). The summed E-state index contributed by atoms with van der Waals surface area (Å²) >= 11 is 0. The number of halogens is 2. The third-order valence-corrected chi connectivity index (χ3v) is 2.64. The Morgan fingerprint density at radius 1 is 1.40 bits per heavy atom. The highest BCUT2D eigenvalue weighted by atomic mass is 19.1. The molecular formula is C14H16F2N2O2. The molecule has 0 heterocycles. The fraction of sp³-hybridized carbons (Fsp3) is 0.429. The Morgan fingerprint density at radius 3 is 2.40 bits per heavy atom. The van der Waals surface area contributed by atoms with Crippen LogP contribution in [0.25, 0.3) is 0 Å². The molecule has 108 valence electrons. The maximum absolute atomic E-state index is 13.6. The van der Waals surface area contributed by atoms with Crippen LogP contribution in [0.1, 0.15) is 36.2 Å². The Kier molecular flexibility index (Phi) is 5.59. The summed E-state index contributed by atoms with van der Waals surface area (Å²) in [4.78, 5) is 11.7. The summed E-state index contributed by atoms with van der Waals surface area (Å²) in [5, 5.41) is 20.4. The lowest BCUT2D eigenvalue weighted by molar-refractivity contribution is 0.0892. The molecule has 0 fully saturated rings. The zero-order chi connectivity index (χ0) is 15.3. The van der Waals surface area contributed by atoms with Crippen molar-refractivity contribution in [2.45, 2.75) is 26.4 Å². The van der Waals surface area contributed by atoms with Crippen LogP contribution in [0.2, 0.25) is 0 Å². The second-order valence-electron chi connectivity index (χ2n) is 4.92. The Bertz CT molecular complexity index is 515. The summed E-state index contributed by atoms with van der Waals surface area (Å²) in [6, 6.07) is 3.18. The average molecular weight is 282 g/mol. The van der Waals surface area contributed by atoms with Crippen LogP contribution >= 0.6 is 0 Å². The minimum absolute atomic E-state index is 0.0874. The maximum Gasteiger partial charge on any atom is 0.257 e. The molecule has 1 aromatic rings.